The largest absolute Gasteiger partial charge is 0.339 e. The topological polar surface area (TPSA) is 50.4 Å². The van der Waals surface area contributed by atoms with Crippen molar-refractivity contribution in [3.05, 3.63) is 0 Å². The number of amides is 1. The van der Waals surface area contributed by atoms with Crippen LogP contribution in [0.15, 0.2) is 0 Å². The van der Waals surface area contributed by atoms with E-state index in [9.17, 15) is 4.79 Å². The van der Waals surface area contributed by atoms with Crippen molar-refractivity contribution in [2.45, 2.75) is 115 Å². The third-order valence-electron chi connectivity index (χ3n) is 5.15. The summed E-state index contributed by atoms with van der Waals surface area (Å²) in [5, 5.41) is 6.97. The van der Waals surface area contributed by atoms with E-state index < -0.39 is 11.3 Å². The van der Waals surface area contributed by atoms with Crippen LogP contribution in [0.1, 0.15) is 92.9 Å². The zero-order valence-electron chi connectivity index (χ0n) is 16.0. The van der Waals surface area contributed by atoms with E-state index in [0.29, 0.717) is 0 Å². The molecule has 0 bridgehead atoms. The Balaban J connectivity index is 2.27. The fraction of sp³-hybridized carbons (Fsp3) is 0.947. The number of nitrogens with one attached hydrogen (secondary N) is 2. The van der Waals surface area contributed by atoms with E-state index in [2.05, 4.69) is 52.2 Å². The molecule has 1 amide bonds. The lowest BCUT2D eigenvalue weighted by Crippen LogP contribution is -2.66. The highest BCUT2D eigenvalue weighted by Gasteiger charge is 2.59. The van der Waals surface area contributed by atoms with Crippen molar-refractivity contribution in [3.63, 3.8) is 0 Å². The van der Waals surface area contributed by atoms with Crippen molar-refractivity contribution in [2.75, 3.05) is 0 Å². The molecule has 0 aromatic carbocycles. The predicted molar refractivity (Wildman–Crippen MR) is 94.3 cm³/mol. The summed E-state index contributed by atoms with van der Waals surface area (Å²) in [5.74, 6) is 0.118. The van der Waals surface area contributed by atoms with Crippen LogP contribution in [0, 0.1) is 0 Å². The molecular formula is C19H36N2O2. The molecule has 2 fully saturated rings. The van der Waals surface area contributed by atoms with E-state index in [0.717, 1.165) is 51.4 Å². The summed E-state index contributed by atoms with van der Waals surface area (Å²) >= 11 is 0. The molecule has 0 radical (unpaired) electrons. The number of carbonyl (C=O) groups is 1. The maximum atomic E-state index is 12.9. The SMILES string of the molecule is CCCCC1(CCCC)OC2(CC(C)(C)NC(C)(C)C2)NC1=O. The first kappa shape index (κ1) is 18.7. The van der Waals surface area contributed by atoms with Crippen LogP contribution in [0.3, 0.4) is 0 Å². The molecule has 134 valence electrons. The number of ether oxygens (including phenoxy) is 1. The number of piperidine rings is 1. The van der Waals surface area contributed by atoms with Crippen LogP contribution < -0.4 is 10.6 Å². The zero-order valence-corrected chi connectivity index (χ0v) is 16.0. The Labute approximate surface area is 142 Å². The second-order valence-electron chi connectivity index (χ2n) is 9.00. The maximum Gasteiger partial charge on any atom is 0.254 e. The highest BCUT2D eigenvalue weighted by Crippen LogP contribution is 2.45. The molecule has 4 nitrogen and oxygen atoms in total. The summed E-state index contributed by atoms with van der Waals surface area (Å²) in [7, 11) is 0. The van der Waals surface area contributed by atoms with Gasteiger partial charge in [-0.05, 0) is 40.5 Å². The van der Waals surface area contributed by atoms with Crippen molar-refractivity contribution in [1.29, 1.82) is 0 Å². The third kappa shape index (κ3) is 4.08. The van der Waals surface area contributed by atoms with Crippen molar-refractivity contribution >= 4 is 5.91 Å². The van der Waals surface area contributed by atoms with Crippen LogP contribution in [-0.2, 0) is 9.53 Å². The quantitative estimate of drug-likeness (QED) is 0.779. The van der Waals surface area contributed by atoms with Gasteiger partial charge in [-0.2, -0.15) is 0 Å². The van der Waals surface area contributed by atoms with E-state index in [1.54, 1.807) is 0 Å². The van der Waals surface area contributed by atoms with Crippen molar-refractivity contribution in [2.24, 2.45) is 0 Å². The molecule has 0 atom stereocenters. The minimum atomic E-state index is -0.616. The lowest BCUT2D eigenvalue weighted by Gasteiger charge is -2.51. The molecule has 2 rings (SSSR count). The van der Waals surface area contributed by atoms with E-state index in [1.165, 1.54) is 0 Å². The fourth-order valence-electron chi connectivity index (χ4n) is 4.80. The van der Waals surface area contributed by atoms with Crippen molar-refractivity contribution in [3.8, 4) is 0 Å². The summed E-state index contributed by atoms with van der Waals surface area (Å²) in [4.78, 5) is 12.9. The Kier molecular flexibility index (Phi) is 5.18. The van der Waals surface area contributed by atoms with Gasteiger partial charge in [0, 0.05) is 23.9 Å². The Hall–Kier alpha value is -0.610. The molecule has 0 aromatic heterocycles. The predicted octanol–water partition coefficient (Wildman–Crippen LogP) is 3.89. The highest BCUT2D eigenvalue weighted by molar-refractivity contribution is 5.87. The number of carbonyl (C=O) groups excluding carboxylic acids is 1. The van der Waals surface area contributed by atoms with Crippen LogP contribution in [0.25, 0.3) is 0 Å². The monoisotopic (exact) mass is 324 g/mol. The molecule has 0 unspecified atom stereocenters. The minimum Gasteiger partial charge on any atom is -0.339 e. The Bertz CT molecular complexity index is 419. The van der Waals surface area contributed by atoms with Crippen LogP contribution in [-0.4, -0.2) is 28.3 Å². The summed E-state index contributed by atoms with van der Waals surface area (Å²) in [6, 6.07) is 0. The van der Waals surface area contributed by atoms with Gasteiger partial charge >= 0.3 is 0 Å². The Morgan fingerprint density at radius 2 is 1.43 bits per heavy atom. The van der Waals surface area contributed by atoms with Crippen LogP contribution in [0.5, 0.6) is 0 Å². The van der Waals surface area contributed by atoms with Gasteiger partial charge in [0.2, 0.25) is 0 Å². The molecular weight excluding hydrogens is 288 g/mol. The smallest absolute Gasteiger partial charge is 0.254 e. The average Bonchev–Trinajstić information content (AvgIpc) is 2.62. The lowest BCUT2D eigenvalue weighted by molar-refractivity contribution is -0.163. The van der Waals surface area contributed by atoms with Gasteiger partial charge < -0.3 is 15.4 Å². The molecule has 2 aliphatic heterocycles. The highest BCUT2D eigenvalue weighted by atomic mass is 16.6. The lowest BCUT2D eigenvalue weighted by atomic mass is 9.77. The molecule has 0 aliphatic carbocycles. The van der Waals surface area contributed by atoms with Crippen LogP contribution in [0.2, 0.25) is 0 Å². The number of hydrogen-bond acceptors (Lipinski definition) is 3. The summed E-state index contributed by atoms with van der Waals surface area (Å²) in [6.45, 7) is 13.1. The molecule has 1 spiro atoms. The van der Waals surface area contributed by atoms with Gasteiger partial charge in [0.25, 0.3) is 5.91 Å². The van der Waals surface area contributed by atoms with Gasteiger partial charge in [-0.3, -0.25) is 4.79 Å². The van der Waals surface area contributed by atoms with Gasteiger partial charge in [-0.15, -0.1) is 0 Å². The molecule has 2 N–H and O–H groups in total. The van der Waals surface area contributed by atoms with Crippen LogP contribution in [0.4, 0.5) is 0 Å². The molecule has 2 aliphatic rings. The first-order valence-corrected chi connectivity index (χ1v) is 9.40. The zero-order chi connectivity index (χ0) is 17.4. The first-order valence-electron chi connectivity index (χ1n) is 9.40. The normalized spacial score (nSPS) is 27.1. The van der Waals surface area contributed by atoms with Crippen molar-refractivity contribution < 1.29 is 9.53 Å². The van der Waals surface area contributed by atoms with Gasteiger partial charge in [0.05, 0.1) is 0 Å². The van der Waals surface area contributed by atoms with E-state index in [1.807, 2.05) is 0 Å². The second-order valence-corrected chi connectivity index (χ2v) is 9.00. The fourth-order valence-corrected chi connectivity index (χ4v) is 4.80. The number of rotatable bonds is 6. The van der Waals surface area contributed by atoms with E-state index in [4.69, 9.17) is 4.74 Å². The molecule has 2 saturated heterocycles. The Morgan fingerprint density at radius 3 is 1.87 bits per heavy atom. The third-order valence-corrected chi connectivity index (χ3v) is 5.15. The average molecular weight is 325 g/mol. The van der Waals surface area contributed by atoms with Crippen LogP contribution >= 0.6 is 0 Å². The van der Waals surface area contributed by atoms with Gasteiger partial charge in [0.15, 0.2) is 0 Å². The summed E-state index contributed by atoms with van der Waals surface area (Å²) in [6.07, 6.45) is 7.57. The summed E-state index contributed by atoms with van der Waals surface area (Å²) < 4.78 is 6.66. The molecule has 4 heteroatoms. The number of hydrogen-bond donors (Lipinski definition) is 2. The Morgan fingerprint density at radius 1 is 0.957 bits per heavy atom. The standard InChI is InChI=1S/C19H36N2O2/c1-7-9-11-18(12-10-8-2)15(22)20-19(23-18)13-16(3,4)21-17(5,6)14-19/h21H,7-14H2,1-6H3,(H,20,22). The molecule has 23 heavy (non-hydrogen) atoms. The van der Waals surface area contributed by atoms with Crippen molar-refractivity contribution in [1.82, 2.24) is 10.6 Å². The minimum absolute atomic E-state index is 0.0549. The molecule has 0 aromatic rings. The van der Waals surface area contributed by atoms with Gasteiger partial charge in [-0.25, -0.2) is 0 Å². The molecule has 2 heterocycles. The van der Waals surface area contributed by atoms with Gasteiger partial charge in [-0.1, -0.05) is 39.5 Å². The van der Waals surface area contributed by atoms with E-state index >= 15 is 0 Å². The number of unbranched alkanes of at least 4 members (excludes halogenated alkanes) is 2. The van der Waals surface area contributed by atoms with Gasteiger partial charge in [0.1, 0.15) is 11.3 Å². The van der Waals surface area contributed by atoms with E-state index in [-0.39, 0.29) is 17.0 Å². The maximum absolute atomic E-state index is 12.9. The molecule has 0 saturated carbocycles. The first-order chi connectivity index (χ1) is 10.6. The second kappa shape index (κ2) is 6.36. The summed E-state index contributed by atoms with van der Waals surface area (Å²) in [5.41, 5.74) is -1.24.